The van der Waals surface area contributed by atoms with Crippen LogP contribution in [0.4, 0.5) is 0 Å². The molecule has 0 N–H and O–H groups in total. The van der Waals surface area contributed by atoms with Gasteiger partial charge in [0.05, 0.1) is 5.69 Å². The second-order valence-corrected chi connectivity index (χ2v) is 5.65. The lowest BCUT2D eigenvalue weighted by molar-refractivity contribution is -0.175. The molecule has 1 aromatic heterocycles. The van der Waals surface area contributed by atoms with Crippen LogP contribution in [-0.2, 0) is 5.41 Å². The molecular weight excluding hydrogens is 174 g/mol. The van der Waals surface area contributed by atoms with Crippen LogP contribution in [0.2, 0.25) is 0 Å². The van der Waals surface area contributed by atoms with Crippen LogP contribution in [0.1, 0.15) is 44.6 Å². The Kier molecular flexibility index (Phi) is 1.36. The summed E-state index contributed by atoms with van der Waals surface area (Å²) >= 11 is 0. The SMILES string of the molecule is Cc1cc(C23CC(C(C)C)(C2)C3)no1. The van der Waals surface area contributed by atoms with E-state index in [2.05, 4.69) is 25.1 Å². The Morgan fingerprint density at radius 1 is 1.36 bits per heavy atom. The van der Waals surface area contributed by atoms with Crippen LogP contribution in [0.3, 0.4) is 0 Å². The van der Waals surface area contributed by atoms with E-state index in [1.165, 1.54) is 25.0 Å². The van der Waals surface area contributed by atoms with Gasteiger partial charge in [0.15, 0.2) is 0 Å². The van der Waals surface area contributed by atoms with Crippen LogP contribution in [0, 0.1) is 18.3 Å². The number of nitrogens with zero attached hydrogens (tertiary/aromatic N) is 1. The molecule has 2 nitrogen and oxygen atoms in total. The highest BCUT2D eigenvalue weighted by atomic mass is 16.5. The monoisotopic (exact) mass is 191 g/mol. The van der Waals surface area contributed by atoms with E-state index in [-0.39, 0.29) is 0 Å². The van der Waals surface area contributed by atoms with Gasteiger partial charge in [-0.2, -0.15) is 0 Å². The van der Waals surface area contributed by atoms with Crippen LogP contribution >= 0.6 is 0 Å². The first-order chi connectivity index (χ1) is 6.56. The molecule has 0 aromatic carbocycles. The highest BCUT2D eigenvalue weighted by Gasteiger charge is 2.70. The van der Waals surface area contributed by atoms with Crippen molar-refractivity contribution in [2.75, 3.05) is 0 Å². The van der Waals surface area contributed by atoms with Gasteiger partial charge < -0.3 is 4.52 Å². The second-order valence-electron chi connectivity index (χ2n) is 5.65. The molecule has 0 radical (unpaired) electrons. The predicted octanol–water partition coefficient (Wildman–Crippen LogP) is 3.06. The number of hydrogen-bond acceptors (Lipinski definition) is 2. The molecule has 3 saturated carbocycles. The maximum atomic E-state index is 5.15. The molecule has 1 heterocycles. The van der Waals surface area contributed by atoms with E-state index < -0.39 is 0 Å². The topological polar surface area (TPSA) is 26.0 Å². The minimum atomic E-state index is 0.419. The van der Waals surface area contributed by atoms with Crippen molar-refractivity contribution in [1.82, 2.24) is 5.16 Å². The Labute approximate surface area is 84.7 Å². The molecule has 76 valence electrons. The fourth-order valence-electron chi connectivity index (χ4n) is 3.37. The summed E-state index contributed by atoms with van der Waals surface area (Å²) in [6.07, 6.45) is 4.01. The van der Waals surface area contributed by atoms with Gasteiger partial charge in [-0.3, -0.25) is 0 Å². The van der Waals surface area contributed by atoms with Crippen molar-refractivity contribution in [3.8, 4) is 0 Å². The van der Waals surface area contributed by atoms with E-state index >= 15 is 0 Å². The van der Waals surface area contributed by atoms with Gasteiger partial charge in [-0.05, 0) is 37.5 Å². The maximum absolute atomic E-state index is 5.15. The molecule has 14 heavy (non-hydrogen) atoms. The van der Waals surface area contributed by atoms with E-state index in [0.29, 0.717) is 10.8 Å². The number of aryl methyl sites for hydroxylation is 1. The summed E-state index contributed by atoms with van der Waals surface area (Å²) in [4.78, 5) is 0. The van der Waals surface area contributed by atoms with Gasteiger partial charge in [0, 0.05) is 11.5 Å². The largest absolute Gasteiger partial charge is 0.361 e. The molecule has 3 aliphatic carbocycles. The highest BCUT2D eigenvalue weighted by Crippen LogP contribution is 2.76. The van der Waals surface area contributed by atoms with Gasteiger partial charge >= 0.3 is 0 Å². The molecule has 3 fully saturated rings. The Hall–Kier alpha value is -0.790. The van der Waals surface area contributed by atoms with Gasteiger partial charge in [-0.1, -0.05) is 19.0 Å². The molecule has 0 aliphatic heterocycles. The summed E-state index contributed by atoms with van der Waals surface area (Å²) in [6, 6.07) is 2.11. The molecule has 1 aromatic rings. The average Bonchev–Trinajstić information content (AvgIpc) is 2.28. The fourth-order valence-corrected chi connectivity index (χ4v) is 3.37. The Morgan fingerprint density at radius 3 is 2.43 bits per heavy atom. The molecule has 0 saturated heterocycles. The zero-order valence-electron chi connectivity index (χ0n) is 9.13. The lowest BCUT2D eigenvalue weighted by atomic mass is 9.31. The van der Waals surface area contributed by atoms with Gasteiger partial charge in [0.2, 0.25) is 0 Å². The maximum Gasteiger partial charge on any atom is 0.133 e. The third-order valence-electron chi connectivity index (χ3n) is 4.47. The van der Waals surface area contributed by atoms with Crippen LogP contribution in [-0.4, -0.2) is 5.16 Å². The zero-order valence-corrected chi connectivity index (χ0v) is 9.13. The first-order valence-corrected chi connectivity index (χ1v) is 5.50. The van der Waals surface area contributed by atoms with Crippen LogP contribution in [0.25, 0.3) is 0 Å². The molecular formula is C12H17NO. The quantitative estimate of drug-likeness (QED) is 0.718. The second kappa shape index (κ2) is 2.23. The number of rotatable bonds is 2. The third-order valence-corrected chi connectivity index (χ3v) is 4.47. The Bertz CT molecular complexity index is 358. The minimum absolute atomic E-state index is 0.419. The molecule has 2 bridgehead atoms. The zero-order chi connectivity index (χ0) is 9.97. The van der Waals surface area contributed by atoms with Crippen molar-refractivity contribution in [3.63, 3.8) is 0 Å². The summed E-state index contributed by atoms with van der Waals surface area (Å²) < 4.78 is 5.15. The molecule has 0 spiro atoms. The van der Waals surface area contributed by atoms with E-state index in [1.807, 2.05) is 6.92 Å². The van der Waals surface area contributed by atoms with Crippen molar-refractivity contribution in [2.45, 2.75) is 45.4 Å². The van der Waals surface area contributed by atoms with Crippen LogP contribution in [0.15, 0.2) is 10.6 Å². The summed E-state index contributed by atoms with van der Waals surface area (Å²) in [5.74, 6) is 1.78. The summed E-state index contributed by atoms with van der Waals surface area (Å²) in [6.45, 7) is 6.66. The molecule has 4 rings (SSSR count). The standard InChI is InChI=1S/C12H17NO/c1-8(2)11-5-12(6-11,7-11)10-4-9(3)14-13-10/h4,8H,5-7H2,1-3H3. The summed E-state index contributed by atoms with van der Waals surface area (Å²) in [5, 5.41) is 4.16. The van der Waals surface area contributed by atoms with Gasteiger partial charge in [-0.15, -0.1) is 0 Å². The smallest absolute Gasteiger partial charge is 0.133 e. The predicted molar refractivity (Wildman–Crippen MR) is 54.0 cm³/mol. The average molecular weight is 191 g/mol. The van der Waals surface area contributed by atoms with Gasteiger partial charge in [-0.25, -0.2) is 0 Å². The summed E-state index contributed by atoms with van der Waals surface area (Å²) in [7, 11) is 0. The lowest BCUT2D eigenvalue weighted by Gasteiger charge is -2.72. The summed E-state index contributed by atoms with van der Waals surface area (Å²) in [5.41, 5.74) is 2.28. The van der Waals surface area contributed by atoms with Crippen molar-refractivity contribution in [3.05, 3.63) is 17.5 Å². The Balaban J connectivity index is 1.81. The molecule has 0 unspecified atom stereocenters. The number of hydrogen-bond donors (Lipinski definition) is 0. The van der Waals surface area contributed by atoms with Crippen LogP contribution in [0.5, 0.6) is 0 Å². The first-order valence-electron chi connectivity index (χ1n) is 5.50. The molecule has 0 amide bonds. The minimum Gasteiger partial charge on any atom is -0.361 e. The third kappa shape index (κ3) is 0.800. The van der Waals surface area contributed by atoms with E-state index in [0.717, 1.165) is 11.7 Å². The Morgan fingerprint density at radius 2 is 2.00 bits per heavy atom. The molecule has 2 heteroatoms. The molecule has 3 aliphatic rings. The number of aromatic nitrogens is 1. The van der Waals surface area contributed by atoms with Gasteiger partial charge in [0.25, 0.3) is 0 Å². The molecule has 0 atom stereocenters. The normalized spacial score (nSPS) is 39.4. The van der Waals surface area contributed by atoms with Crippen molar-refractivity contribution in [2.24, 2.45) is 11.3 Å². The van der Waals surface area contributed by atoms with Crippen LogP contribution < -0.4 is 0 Å². The first kappa shape index (κ1) is 8.51. The van der Waals surface area contributed by atoms with E-state index in [9.17, 15) is 0 Å². The highest BCUT2D eigenvalue weighted by molar-refractivity contribution is 5.34. The van der Waals surface area contributed by atoms with Crippen molar-refractivity contribution in [1.29, 1.82) is 0 Å². The van der Waals surface area contributed by atoms with E-state index in [1.54, 1.807) is 0 Å². The fraction of sp³-hybridized carbons (Fsp3) is 0.750. The van der Waals surface area contributed by atoms with E-state index in [4.69, 9.17) is 4.52 Å². The van der Waals surface area contributed by atoms with Gasteiger partial charge in [0.1, 0.15) is 5.76 Å². The van der Waals surface area contributed by atoms with Crippen molar-refractivity contribution < 1.29 is 4.52 Å². The lowest BCUT2D eigenvalue weighted by Crippen LogP contribution is -2.66. The van der Waals surface area contributed by atoms with Crippen molar-refractivity contribution >= 4 is 0 Å².